The van der Waals surface area contributed by atoms with Crippen molar-refractivity contribution in [1.29, 1.82) is 0 Å². The Morgan fingerprint density at radius 2 is 2.05 bits per heavy atom. The van der Waals surface area contributed by atoms with Gasteiger partial charge in [0.25, 0.3) is 0 Å². The Morgan fingerprint density at radius 1 is 1.30 bits per heavy atom. The maximum absolute atomic E-state index is 5.70. The largest absolute Gasteiger partial charge is 0.325 e. The van der Waals surface area contributed by atoms with E-state index in [4.69, 9.17) is 10.7 Å². The molecule has 0 saturated carbocycles. The summed E-state index contributed by atoms with van der Waals surface area (Å²) in [5, 5.41) is 3.21. The second-order valence-electron chi connectivity index (χ2n) is 4.92. The van der Waals surface area contributed by atoms with Crippen LogP contribution in [0.1, 0.15) is 41.7 Å². The first-order chi connectivity index (χ1) is 9.69. The molecule has 0 fully saturated rings. The summed E-state index contributed by atoms with van der Waals surface area (Å²) in [5.41, 5.74) is 9.28. The number of nitrogens with two attached hydrogens (primary N) is 1. The number of rotatable bonds is 6. The minimum atomic E-state index is 0.232. The highest BCUT2D eigenvalue weighted by Gasteiger charge is 2.23. The van der Waals surface area contributed by atoms with Crippen LogP contribution in [0.2, 0.25) is 0 Å². The van der Waals surface area contributed by atoms with Gasteiger partial charge < -0.3 is 5.73 Å². The average Bonchev–Trinajstić information content (AvgIpc) is 2.93. The van der Waals surface area contributed by atoms with Gasteiger partial charge in [-0.1, -0.05) is 43.7 Å². The van der Waals surface area contributed by atoms with Crippen LogP contribution in [0.5, 0.6) is 0 Å². The first-order valence-electron chi connectivity index (χ1n) is 7.14. The molecule has 1 aromatic carbocycles. The second-order valence-corrected chi connectivity index (χ2v) is 5.81. The molecular formula is C16H23N3S. The summed E-state index contributed by atoms with van der Waals surface area (Å²) < 4.78 is 0. The number of aromatic nitrogens is 1. The van der Waals surface area contributed by atoms with E-state index in [1.165, 1.54) is 11.1 Å². The van der Waals surface area contributed by atoms with Crippen LogP contribution in [0.4, 0.5) is 0 Å². The normalized spacial score (nSPS) is 12.8. The summed E-state index contributed by atoms with van der Waals surface area (Å²) in [6.07, 6.45) is 0. The van der Waals surface area contributed by atoms with Gasteiger partial charge in [0.15, 0.2) is 0 Å². The van der Waals surface area contributed by atoms with Gasteiger partial charge in [-0.3, -0.25) is 4.90 Å². The Bertz CT molecular complexity index is 546. The number of aryl methyl sites for hydroxylation is 1. The van der Waals surface area contributed by atoms with Crippen molar-refractivity contribution in [2.24, 2.45) is 5.73 Å². The van der Waals surface area contributed by atoms with E-state index in [0.717, 1.165) is 23.8 Å². The molecule has 0 aliphatic heterocycles. The Kier molecular flexibility index (Phi) is 5.29. The Labute approximate surface area is 125 Å². The molecule has 0 spiro atoms. The van der Waals surface area contributed by atoms with Crippen molar-refractivity contribution in [2.45, 2.75) is 33.4 Å². The molecule has 108 valence electrons. The number of hydrogen-bond donors (Lipinski definition) is 1. The van der Waals surface area contributed by atoms with Crippen LogP contribution in [-0.2, 0) is 6.54 Å². The molecule has 1 unspecified atom stereocenters. The fourth-order valence-corrected chi connectivity index (χ4v) is 3.47. The predicted octanol–water partition coefficient (Wildman–Crippen LogP) is 3.34. The zero-order valence-corrected chi connectivity index (χ0v) is 13.3. The van der Waals surface area contributed by atoms with Crippen LogP contribution in [0.25, 0.3) is 0 Å². The second kappa shape index (κ2) is 6.97. The highest BCUT2D eigenvalue weighted by molar-refractivity contribution is 7.09. The molecule has 1 heterocycles. The third-order valence-corrected chi connectivity index (χ3v) is 4.49. The standard InChI is InChI=1S/C16H23N3S/c1-4-19(5-2)15(13-8-6-7-12(3)9-13)16-18-14(10-17)11-20-16/h6-9,11,15H,4-5,10,17H2,1-3H3. The molecule has 2 aromatic rings. The maximum atomic E-state index is 5.70. The molecule has 2 N–H and O–H groups in total. The molecule has 0 bridgehead atoms. The van der Waals surface area contributed by atoms with Gasteiger partial charge in [-0.2, -0.15) is 0 Å². The SMILES string of the molecule is CCN(CC)C(c1cccc(C)c1)c1nc(CN)cs1. The Balaban J connectivity index is 2.43. The summed E-state index contributed by atoms with van der Waals surface area (Å²) in [5.74, 6) is 0. The van der Waals surface area contributed by atoms with Crippen molar-refractivity contribution in [3.8, 4) is 0 Å². The molecular weight excluding hydrogens is 266 g/mol. The van der Waals surface area contributed by atoms with Crippen LogP contribution in [0, 0.1) is 6.92 Å². The lowest BCUT2D eigenvalue weighted by Gasteiger charge is -2.28. The lowest BCUT2D eigenvalue weighted by atomic mass is 10.0. The van der Waals surface area contributed by atoms with E-state index in [2.05, 4.69) is 55.3 Å². The zero-order valence-electron chi connectivity index (χ0n) is 12.5. The predicted molar refractivity (Wildman–Crippen MR) is 85.9 cm³/mol. The van der Waals surface area contributed by atoms with Crippen molar-refractivity contribution in [1.82, 2.24) is 9.88 Å². The molecule has 1 atom stereocenters. The molecule has 0 aliphatic rings. The molecule has 0 radical (unpaired) electrons. The quantitative estimate of drug-likeness (QED) is 0.887. The molecule has 1 aromatic heterocycles. The van der Waals surface area contributed by atoms with Gasteiger partial charge in [-0.05, 0) is 25.6 Å². The summed E-state index contributed by atoms with van der Waals surface area (Å²) in [7, 11) is 0. The highest BCUT2D eigenvalue weighted by atomic mass is 32.1. The van der Waals surface area contributed by atoms with E-state index in [-0.39, 0.29) is 6.04 Å². The topological polar surface area (TPSA) is 42.2 Å². The molecule has 4 heteroatoms. The summed E-state index contributed by atoms with van der Waals surface area (Å²) in [6.45, 7) is 9.05. The van der Waals surface area contributed by atoms with Gasteiger partial charge in [-0.25, -0.2) is 4.98 Å². The first kappa shape index (κ1) is 15.2. The molecule has 0 aliphatic carbocycles. The molecule has 3 nitrogen and oxygen atoms in total. The summed E-state index contributed by atoms with van der Waals surface area (Å²) in [6, 6.07) is 8.94. The number of benzene rings is 1. The fraction of sp³-hybridized carbons (Fsp3) is 0.438. The summed E-state index contributed by atoms with van der Waals surface area (Å²) in [4.78, 5) is 7.14. The van der Waals surface area contributed by atoms with E-state index in [9.17, 15) is 0 Å². The van der Waals surface area contributed by atoms with Crippen LogP contribution in [0.3, 0.4) is 0 Å². The van der Waals surface area contributed by atoms with Crippen molar-refractivity contribution < 1.29 is 0 Å². The van der Waals surface area contributed by atoms with Gasteiger partial charge in [0.05, 0.1) is 11.7 Å². The minimum Gasteiger partial charge on any atom is -0.325 e. The minimum absolute atomic E-state index is 0.232. The van der Waals surface area contributed by atoms with E-state index in [1.54, 1.807) is 11.3 Å². The van der Waals surface area contributed by atoms with E-state index < -0.39 is 0 Å². The molecule has 2 rings (SSSR count). The van der Waals surface area contributed by atoms with Crippen LogP contribution in [-0.4, -0.2) is 23.0 Å². The number of thiazole rings is 1. The van der Waals surface area contributed by atoms with Crippen molar-refractivity contribution in [2.75, 3.05) is 13.1 Å². The Morgan fingerprint density at radius 3 is 2.60 bits per heavy atom. The average molecular weight is 289 g/mol. The van der Waals surface area contributed by atoms with Crippen molar-refractivity contribution >= 4 is 11.3 Å². The number of nitrogens with zero attached hydrogens (tertiary/aromatic N) is 2. The monoisotopic (exact) mass is 289 g/mol. The van der Waals surface area contributed by atoms with E-state index >= 15 is 0 Å². The van der Waals surface area contributed by atoms with Crippen LogP contribution in [0.15, 0.2) is 29.6 Å². The van der Waals surface area contributed by atoms with Crippen molar-refractivity contribution in [3.05, 3.63) is 51.5 Å². The third-order valence-electron chi connectivity index (χ3n) is 3.55. The molecule has 0 amide bonds. The number of hydrogen-bond acceptors (Lipinski definition) is 4. The van der Waals surface area contributed by atoms with Gasteiger partial charge in [-0.15, -0.1) is 11.3 Å². The molecule has 20 heavy (non-hydrogen) atoms. The van der Waals surface area contributed by atoms with Crippen LogP contribution >= 0.6 is 11.3 Å². The lowest BCUT2D eigenvalue weighted by molar-refractivity contribution is 0.250. The smallest absolute Gasteiger partial charge is 0.115 e. The first-order valence-corrected chi connectivity index (χ1v) is 8.02. The highest BCUT2D eigenvalue weighted by Crippen LogP contribution is 2.31. The Hall–Kier alpha value is -1.23. The van der Waals surface area contributed by atoms with Gasteiger partial charge in [0, 0.05) is 11.9 Å². The fourth-order valence-electron chi connectivity index (χ4n) is 2.48. The van der Waals surface area contributed by atoms with E-state index in [0.29, 0.717) is 6.54 Å². The zero-order chi connectivity index (χ0) is 14.5. The lowest BCUT2D eigenvalue weighted by Crippen LogP contribution is -2.29. The molecule has 0 saturated heterocycles. The van der Waals surface area contributed by atoms with E-state index in [1.807, 2.05) is 0 Å². The van der Waals surface area contributed by atoms with Crippen molar-refractivity contribution in [3.63, 3.8) is 0 Å². The van der Waals surface area contributed by atoms with Gasteiger partial charge in [0.2, 0.25) is 0 Å². The van der Waals surface area contributed by atoms with Crippen LogP contribution < -0.4 is 5.73 Å². The van der Waals surface area contributed by atoms with Gasteiger partial charge in [0.1, 0.15) is 5.01 Å². The summed E-state index contributed by atoms with van der Waals surface area (Å²) >= 11 is 1.71. The van der Waals surface area contributed by atoms with Gasteiger partial charge >= 0.3 is 0 Å². The third kappa shape index (κ3) is 3.26. The maximum Gasteiger partial charge on any atom is 0.115 e.